The highest BCUT2D eigenvalue weighted by Crippen LogP contribution is 2.21. The van der Waals surface area contributed by atoms with Crippen LogP contribution in [0.1, 0.15) is 32.1 Å². The normalized spacial score (nSPS) is 16.1. The molecule has 0 atom stereocenters. The SMILES string of the molecule is Fc1cc(Br)ccc1OCCCNC1CCCC1. The molecule has 2 nitrogen and oxygen atoms in total. The highest BCUT2D eigenvalue weighted by atomic mass is 79.9. The number of hydrogen-bond acceptors (Lipinski definition) is 2. The van der Waals surface area contributed by atoms with E-state index in [4.69, 9.17) is 4.74 Å². The maximum Gasteiger partial charge on any atom is 0.166 e. The lowest BCUT2D eigenvalue weighted by molar-refractivity contribution is 0.290. The smallest absolute Gasteiger partial charge is 0.166 e. The van der Waals surface area contributed by atoms with Crippen molar-refractivity contribution in [3.05, 3.63) is 28.5 Å². The summed E-state index contributed by atoms with van der Waals surface area (Å²) in [6, 6.07) is 5.56. The fourth-order valence-electron chi connectivity index (χ4n) is 2.28. The fraction of sp³-hybridized carbons (Fsp3) is 0.571. The van der Waals surface area contributed by atoms with Gasteiger partial charge in [-0.15, -0.1) is 0 Å². The average molecular weight is 316 g/mol. The molecule has 18 heavy (non-hydrogen) atoms. The van der Waals surface area contributed by atoms with Crippen molar-refractivity contribution in [1.29, 1.82) is 0 Å². The maximum absolute atomic E-state index is 13.4. The first-order valence-corrected chi connectivity index (χ1v) is 7.36. The van der Waals surface area contributed by atoms with Crippen LogP contribution in [-0.2, 0) is 0 Å². The van der Waals surface area contributed by atoms with E-state index < -0.39 is 0 Å². The third-order valence-electron chi connectivity index (χ3n) is 3.26. The molecule has 0 spiro atoms. The van der Waals surface area contributed by atoms with Crippen molar-refractivity contribution >= 4 is 15.9 Å². The van der Waals surface area contributed by atoms with Gasteiger partial charge in [0, 0.05) is 10.5 Å². The molecule has 100 valence electrons. The number of hydrogen-bond donors (Lipinski definition) is 1. The highest BCUT2D eigenvalue weighted by Gasteiger charge is 2.13. The van der Waals surface area contributed by atoms with E-state index in [1.54, 1.807) is 12.1 Å². The summed E-state index contributed by atoms with van der Waals surface area (Å²) >= 11 is 3.22. The first-order valence-electron chi connectivity index (χ1n) is 6.57. The van der Waals surface area contributed by atoms with Gasteiger partial charge in [-0.2, -0.15) is 0 Å². The number of rotatable bonds is 6. The predicted molar refractivity (Wildman–Crippen MR) is 74.5 cm³/mol. The molecule has 1 fully saturated rings. The molecule has 0 saturated heterocycles. The largest absolute Gasteiger partial charge is 0.490 e. The van der Waals surface area contributed by atoms with Crippen LogP contribution >= 0.6 is 15.9 Å². The summed E-state index contributed by atoms with van der Waals surface area (Å²) < 4.78 is 19.6. The quantitative estimate of drug-likeness (QED) is 0.804. The van der Waals surface area contributed by atoms with Crippen molar-refractivity contribution < 1.29 is 9.13 Å². The van der Waals surface area contributed by atoms with Crippen LogP contribution in [0.2, 0.25) is 0 Å². The highest BCUT2D eigenvalue weighted by molar-refractivity contribution is 9.10. The van der Waals surface area contributed by atoms with E-state index in [1.165, 1.54) is 31.7 Å². The number of benzene rings is 1. The van der Waals surface area contributed by atoms with E-state index >= 15 is 0 Å². The van der Waals surface area contributed by atoms with E-state index in [2.05, 4.69) is 21.2 Å². The van der Waals surface area contributed by atoms with Crippen LogP contribution in [0.5, 0.6) is 5.75 Å². The monoisotopic (exact) mass is 315 g/mol. The molecule has 1 saturated carbocycles. The molecular weight excluding hydrogens is 297 g/mol. The minimum absolute atomic E-state index is 0.312. The molecule has 0 aliphatic heterocycles. The summed E-state index contributed by atoms with van der Waals surface area (Å²) in [5, 5.41) is 3.51. The Kier molecular flexibility index (Phi) is 5.45. The van der Waals surface area contributed by atoms with Crippen LogP contribution in [0.3, 0.4) is 0 Å². The molecular formula is C14H19BrFNO. The maximum atomic E-state index is 13.4. The Hall–Kier alpha value is -0.610. The molecule has 0 unspecified atom stereocenters. The second-order valence-electron chi connectivity index (χ2n) is 4.71. The Labute approximate surface area is 116 Å². The Morgan fingerprint density at radius 3 is 2.83 bits per heavy atom. The van der Waals surface area contributed by atoms with Gasteiger partial charge < -0.3 is 10.1 Å². The summed E-state index contributed by atoms with van der Waals surface area (Å²) in [6.45, 7) is 1.50. The summed E-state index contributed by atoms with van der Waals surface area (Å²) in [7, 11) is 0. The molecule has 1 aromatic carbocycles. The molecule has 2 rings (SSSR count). The van der Waals surface area contributed by atoms with Gasteiger partial charge in [-0.05, 0) is 44.0 Å². The van der Waals surface area contributed by atoms with Crippen LogP contribution < -0.4 is 10.1 Å². The molecule has 0 amide bonds. The van der Waals surface area contributed by atoms with Gasteiger partial charge in [0.2, 0.25) is 0 Å². The van der Waals surface area contributed by atoms with Crippen molar-refractivity contribution in [1.82, 2.24) is 5.32 Å². The van der Waals surface area contributed by atoms with E-state index in [-0.39, 0.29) is 5.82 Å². The minimum atomic E-state index is -0.312. The summed E-state index contributed by atoms with van der Waals surface area (Å²) in [5.74, 6) is 0.0205. The Morgan fingerprint density at radius 1 is 1.33 bits per heavy atom. The molecule has 0 heterocycles. The van der Waals surface area contributed by atoms with E-state index in [0.29, 0.717) is 18.4 Å². The lowest BCUT2D eigenvalue weighted by Gasteiger charge is -2.12. The van der Waals surface area contributed by atoms with Crippen LogP contribution in [0.25, 0.3) is 0 Å². The molecule has 1 aliphatic rings. The summed E-state index contributed by atoms with van der Waals surface area (Å²) in [6.07, 6.45) is 6.19. The van der Waals surface area contributed by atoms with Crippen molar-refractivity contribution in [3.8, 4) is 5.75 Å². The third-order valence-corrected chi connectivity index (χ3v) is 3.75. The van der Waals surface area contributed by atoms with E-state index in [0.717, 1.165) is 17.4 Å². The first-order chi connectivity index (χ1) is 8.75. The molecule has 1 aromatic rings. The average Bonchev–Trinajstić information content (AvgIpc) is 2.84. The molecule has 1 N–H and O–H groups in total. The van der Waals surface area contributed by atoms with Gasteiger partial charge in [0.1, 0.15) is 0 Å². The summed E-state index contributed by atoms with van der Waals surface area (Å²) in [5.41, 5.74) is 0. The number of ether oxygens (including phenoxy) is 1. The number of halogens is 2. The van der Waals surface area contributed by atoms with Crippen molar-refractivity contribution in [2.45, 2.75) is 38.1 Å². The molecule has 0 aromatic heterocycles. The van der Waals surface area contributed by atoms with Gasteiger partial charge in [-0.1, -0.05) is 28.8 Å². The Bertz CT molecular complexity index is 380. The summed E-state index contributed by atoms with van der Waals surface area (Å²) in [4.78, 5) is 0. The lowest BCUT2D eigenvalue weighted by Crippen LogP contribution is -2.27. The van der Waals surface area contributed by atoms with Gasteiger partial charge >= 0.3 is 0 Å². The van der Waals surface area contributed by atoms with Gasteiger partial charge in [-0.25, -0.2) is 4.39 Å². The Morgan fingerprint density at radius 2 is 2.11 bits per heavy atom. The topological polar surface area (TPSA) is 21.3 Å². The van der Waals surface area contributed by atoms with Crippen molar-refractivity contribution in [2.75, 3.05) is 13.2 Å². The number of nitrogens with one attached hydrogen (secondary N) is 1. The zero-order chi connectivity index (χ0) is 12.8. The Balaban J connectivity index is 1.62. The van der Waals surface area contributed by atoms with Crippen molar-refractivity contribution in [2.24, 2.45) is 0 Å². The molecule has 1 aliphatic carbocycles. The van der Waals surface area contributed by atoms with Crippen molar-refractivity contribution in [3.63, 3.8) is 0 Å². The minimum Gasteiger partial charge on any atom is -0.490 e. The molecule has 4 heteroatoms. The van der Waals surface area contributed by atoms with Crippen LogP contribution in [0.15, 0.2) is 22.7 Å². The van der Waals surface area contributed by atoms with Crippen LogP contribution in [0.4, 0.5) is 4.39 Å². The van der Waals surface area contributed by atoms with Crippen LogP contribution in [0, 0.1) is 5.82 Å². The zero-order valence-corrected chi connectivity index (χ0v) is 12.0. The standard InChI is InChI=1S/C14H19BrFNO/c15-11-6-7-14(13(16)10-11)18-9-3-8-17-12-4-1-2-5-12/h6-7,10,12,17H,1-5,8-9H2. The van der Waals surface area contributed by atoms with Gasteiger partial charge in [0.05, 0.1) is 6.61 Å². The lowest BCUT2D eigenvalue weighted by atomic mass is 10.2. The first kappa shape index (κ1) is 13.8. The predicted octanol–water partition coefficient (Wildman–Crippen LogP) is 3.89. The van der Waals surface area contributed by atoms with E-state index in [1.807, 2.05) is 0 Å². The van der Waals surface area contributed by atoms with Gasteiger partial charge in [0.25, 0.3) is 0 Å². The van der Waals surface area contributed by atoms with Gasteiger partial charge in [0.15, 0.2) is 11.6 Å². The fourth-order valence-corrected chi connectivity index (χ4v) is 2.62. The second kappa shape index (κ2) is 7.10. The molecule has 0 radical (unpaired) electrons. The zero-order valence-electron chi connectivity index (χ0n) is 10.4. The van der Waals surface area contributed by atoms with Crippen LogP contribution in [-0.4, -0.2) is 19.2 Å². The van der Waals surface area contributed by atoms with E-state index in [9.17, 15) is 4.39 Å². The molecule has 0 bridgehead atoms. The second-order valence-corrected chi connectivity index (χ2v) is 5.63. The van der Waals surface area contributed by atoms with Gasteiger partial charge in [-0.3, -0.25) is 0 Å². The third kappa shape index (κ3) is 4.25.